The number of allylic oxidation sites excluding steroid dienone is 3. The van der Waals surface area contributed by atoms with Gasteiger partial charge in [0.15, 0.2) is 0 Å². The summed E-state index contributed by atoms with van der Waals surface area (Å²) in [7, 11) is 0. The molecule has 0 aromatic carbocycles. The van der Waals surface area contributed by atoms with E-state index in [1.165, 1.54) is 5.57 Å². The van der Waals surface area contributed by atoms with Crippen molar-refractivity contribution in [2.75, 3.05) is 6.61 Å². The Morgan fingerprint density at radius 2 is 2.12 bits per heavy atom. The van der Waals surface area contributed by atoms with Gasteiger partial charge in [0.25, 0.3) is 0 Å². The van der Waals surface area contributed by atoms with Gasteiger partial charge in [-0.15, -0.1) is 0 Å². The molecule has 0 aliphatic carbocycles. The summed E-state index contributed by atoms with van der Waals surface area (Å²) in [4.78, 5) is 4.53. The van der Waals surface area contributed by atoms with Crippen LogP contribution in [0.5, 0.6) is 0 Å². The summed E-state index contributed by atoms with van der Waals surface area (Å²) in [6.07, 6.45) is 8.70. The van der Waals surface area contributed by atoms with Crippen LogP contribution < -0.4 is 0 Å². The molecule has 2 aliphatic heterocycles. The van der Waals surface area contributed by atoms with Crippen molar-refractivity contribution < 1.29 is 4.74 Å². The van der Waals surface area contributed by atoms with Crippen LogP contribution in [-0.4, -0.2) is 12.8 Å². The molecule has 0 N–H and O–H groups in total. The molecular formula is C14H21NO. The first-order chi connectivity index (χ1) is 7.42. The average Bonchev–Trinajstić information content (AvgIpc) is 2.39. The first-order valence-corrected chi connectivity index (χ1v) is 6.03. The number of ether oxygens (including phenoxy) is 1. The van der Waals surface area contributed by atoms with Crippen molar-refractivity contribution in [2.24, 2.45) is 15.8 Å². The van der Waals surface area contributed by atoms with Crippen molar-refractivity contribution in [1.82, 2.24) is 0 Å². The predicted molar refractivity (Wildman–Crippen MR) is 67.4 cm³/mol. The summed E-state index contributed by atoms with van der Waals surface area (Å²) in [5.74, 6) is 0.829. The molecule has 0 bridgehead atoms. The van der Waals surface area contributed by atoms with Crippen LogP contribution in [0.1, 0.15) is 40.5 Å². The van der Waals surface area contributed by atoms with Crippen molar-refractivity contribution in [1.29, 1.82) is 0 Å². The maximum Gasteiger partial charge on any atom is 0.216 e. The third kappa shape index (κ3) is 1.93. The van der Waals surface area contributed by atoms with Crippen LogP contribution in [-0.2, 0) is 4.74 Å². The summed E-state index contributed by atoms with van der Waals surface area (Å²) >= 11 is 0. The molecule has 2 aliphatic rings. The highest BCUT2D eigenvalue weighted by molar-refractivity contribution is 5.71. The van der Waals surface area contributed by atoms with Crippen LogP contribution in [0.3, 0.4) is 0 Å². The number of hydrogen-bond donors (Lipinski definition) is 0. The molecule has 0 saturated heterocycles. The van der Waals surface area contributed by atoms with Gasteiger partial charge in [0, 0.05) is 17.2 Å². The van der Waals surface area contributed by atoms with Crippen molar-refractivity contribution in [2.45, 2.75) is 40.5 Å². The zero-order chi connectivity index (χ0) is 11.8. The topological polar surface area (TPSA) is 21.6 Å². The molecule has 2 heteroatoms. The van der Waals surface area contributed by atoms with Crippen LogP contribution in [0.25, 0.3) is 0 Å². The van der Waals surface area contributed by atoms with E-state index in [0.717, 1.165) is 25.3 Å². The fourth-order valence-electron chi connectivity index (χ4n) is 1.86. The van der Waals surface area contributed by atoms with E-state index < -0.39 is 0 Å². The lowest BCUT2D eigenvalue weighted by molar-refractivity contribution is 0.187. The number of nitrogens with zero attached hydrogens (tertiary/aromatic N) is 1. The standard InChI is InChI=1S/C14H21NO/c1-13(2,3)14(4)8-7-11-6-5-9-16-12(11)15-10-14/h7-8,10H,5-6,9H2,1-4H3. The van der Waals surface area contributed by atoms with E-state index in [4.69, 9.17) is 4.74 Å². The molecule has 2 nitrogen and oxygen atoms in total. The Balaban J connectivity index is 2.34. The lowest BCUT2D eigenvalue weighted by atomic mass is 9.68. The summed E-state index contributed by atoms with van der Waals surface area (Å²) in [6, 6.07) is 0. The Kier molecular flexibility index (Phi) is 2.69. The van der Waals surface area contributed by atoms with E-state index in [1.54, 1.807) is 0 Å². The van der Waals surface area contributed by atoms with Crippen LogP contribution in [0.15, 0.2) is 28.6 Å². The van der Waals surface area contributed by atoms with Crippen LogP contribution in [0, 0.1) is 10.8 Å². The fraction of sp³-hybridized carbons (Fsp3) is 0.643. The highest BCUT2D eigenvalue weighted by atomic mass is 16.5. The minimum absolute atomic E-state index is 0.00625. The normalized spacial score (nSPS) is 29.8. The number of aliphatic imine (C=N–C) groups is 1. The highest BCUT2D eigenvalue weighted by Gasteiger charge is 2.35. The number of hydrogen-bond acceptors (Lipinski definition) is 2. The van der Waals surface area contributed by atoms with Gasteiger partial charge in [-0.05, 0) is 18.3 Å². The minimum atomic E-state index is -0.00625. The molecule has 0 aromatic rings. The third-order valence-corrected chi connectivity index (χ3v) is 3.80. The largest absolute Gasteiger partial charge is 0.477 e. The average molecular weight is 219 g/mol. The van der Waals surface area contributed by atoms with Crippen LogP contribution in [0.2, 0.25) is 0 Å². The van der Waals surface area contributed by atoms with Crippen molar-refractivity contribution in [3.05, 3.63) is 23.6 Å². The molecule has 0 radical (unpaired) electrons. The summed E-state index contributed by atoms with van der Waals surface area (Å²) in [5.41, 5.74) is 1.41. The van der Waals surface area contributed by atoms with Gasteiger partial charge in [-0.3, -0.25) is 0 Å². The molecule has 0 aromatic heterocycles. The lowest BCUT2D eigenvalue weighted by Gasteiger charge is -2.35. The molecule has 0 saturated carbocycles. The quantitative estimate of drug-likeness (QED) is 0.608. The maximum atomic E-state index is 5.60. The second-order valence-electron chi connectivity index (χ2n) is 5.91. The Hall–Kier alpha value is -1.05. The first kappa shape index (κ1) is 11.4. The molecule has 88 valence electrons. The second-order valence-corrected chi connectivity index (χ2v) is 5.91. The van der Waals surface area contributed by atoms with E-state index in [2.05, 4.69) is 44.8 Å². The van der Waals surface area contributed by atoms with E-state index >= 15 is 0 Å². The van der Waals surface area contributed by atoms with Gasteiger partial charge in [-0.2, -0.15) is 0 Å². The second kappa shape index (κ2) is 3.76. The summed E-state index contributed by atoms with van der Waals surface area (Å²) < 4.78 is 5.60. The van der Waals surface area contributed by atoms with Gasteiger partial charge in [0.05, 0.1) is 6.61 Å². The molecular weight excluding hydrogens is 198 g/mol. The third-order valence-electron chi connectivity index (χ3n) is 3.80. The molecule has 16 heavy (non-hydrogen) atoms. The monoisotopic (exact) mass is 219 g/mol. The van der Waals surface area contributed by atoms with Gasteiger partial charge < -0.3 is 4.74 Å². The smallest absolute Gasteiger partial charge is 0.216 e. The Labute approximate surface area is 98.1 Å². The van der Waals surface area contributed by atoms with Gasteiger partial charge in [-0.25, -0.2) is 4.99 Å². The van der Waals surface area contributed by atoms with E-state index in [0.29, 0.717) is 0 Å². The van der Waals surface area contributed by atoms with E-state index in [1.807, 2.05) is 6.21 Å². The maximum absolute atomic E-state index is 5.60. The van der Waals surface area contributed by atoms with Gasteiger partial charge >= 0.3 is 0 Å². The van der Waals surface area contributed by atoms with Gasteiger partial charge in [-0.1, -0.05) is 39.8 Å². The molecule has 0 fully saturated rings. The summed E-state index contributed by atoms with van der Waals surface area (Å²) in [5, 5.41) is 0. The Morgan fingerprint density at radius 3 is 2.81 bits per heavy atom. The molecule has 0 amide bonds. The zero-order valence-corrected chi connectivity index (χ0v) is 10.7. The SMILES string of the molecule is CC(C)(C)C1(C)C=CC2=C(N=C1)OCCC2. The van der Waals surface area contributed by atoms with E-state index in [-0.39, 0.29) is 10.8 Å². The number of rotatable bonds is 0. The van der Waals surface area contributed by atoms with Crippen molar-refractivity contribution >= 4 is 6.21 Å². The molecule has 2 rings (SSSR count). The minimum Gasteiger partial charge on any atom is -0.477 e. The van der Waals surface area contributed by atoms with Gasteiger partial charge in [0.2, 0.25) is 5.88 Å². The zero-order valence-electron chi connectivity index (χ0n) is 10.7. The Morgan fingerprint density at radius 1 is 1.38 bits per heavy atom. The van der Waals surface area contributed by atoms with Gasteiger partial charge in [0.1, 0.15) is 0 Å². The van der Waals surface area contributed by atoms with Crippen molar-refractivity contribution in [3.8, 4) is 0 Å². The first-order valence-electron chi connectivity index (χ1n) is 6.03. The van der Waals surface area contributed by atoms with Crippen LogP contribution in [0.4, 0.5) is 0 Å². The van der Waals surface area contributed by atoms with Crippen LogP contribution >= 0.6 is 0 Å². The lowest BCUT2D eigenvalue weighted by Crippen LogP contribution is -2.32. The Bertz CT molecular complexity index is 343. The molecule has 0 spiro atoms. The summed E-state index contributed by atoms with van der Waals surface area (Å²) in [6.45, 7) is 9.76. The van der Waals surface area contributed by atoms with E-state index in [9.17, 15) is 0 Å². The molecule has 1 atom stereocenters. The predicted octanol–water partition coefficient (Wildman–Crippen LogP) is 3.70. The molecule has 2 heterocycles. The fourth-order valence-corrected chi connectivity index (χ4v) is 1.86. The van der Waals surface area contributed by atoms with Crippen molar-refractivity contribution in [3.63, 3.8) is 0 Å². The molecule has 1 unspecified atom stereocenters. The highest BCUT2D eigenvalue weighted by Crippen LogP contribution is 2.40.